The van der Waals surface area contributed by atoms with Gasteiger partial charge in [0.25, 0.3) is 0 Å². The molecule has 0 unspecified atom stereocenters. The maximum Gasteiger partial charge on any atom is 0.0541 e. The molecule has 0 N–H and O–H groups in total. The van der Waals surface area contributed by atoms with Crippen molar-refractivity contribution in [3.8, 4) is 67.0 Å². The highest BCUT2D eigenvalue weighted by atomic mass is 15.1. The van der Waals surface area contributed by atoms with E-state index in [4.69, 9.17) is 0 Å². The van der Waals surface area contributed by atoms with Gasteiger partial charge in [0.15, 0.2) is 0 Å². The Kier molecular flexibility index (Phi) is 10.8. The lowest BCUT2D eigenvalue weighted by atomic mass is 9.88. The van der Waals surface area contributed by atoms with Crippen LogP contribution in [-0.4, -0.2) is 9.13 Å². The predicted molar refractivity (Wildman–Crippen MR) is 317 cm³/mol. The summed E-state index contributed by atoms with van der Waals surface area (Å²) in [6.45, 7) is 0. The van der Waals surface area contributed by atoms with E-state index in [1.54, 1.807) is 0 Å². The molecular formula is C72H49N3. The molecule has 75 heavy (non-hydrogen) atoms. The van der Waals surface area contributed by atoms with Crippen LogP contribution >= 0.6 is 0 Å². The summed E-state index contributed by atoms with van der Waals surface area (Å²) in [5.74, 6) is 0. The number of para-hydroxylation sites is 5. The number of nitrogens with zero attached hydrogens (tertiary/aromatic N) is 3. The lowest BCUT2D eigenvalue weighted by Crippen LogP contribution is -2.11. The summed E-state index contributed by atoms with van der Waals surface area (Å²) < 4.78 is 4.75. The van der Waals surface area contributed by atoms with Crippen LogP contribution in [0.3, 0.4) is 0 Å². The molecule has 0 aliphatic heterocycles. The Hall–Kier alpha value is -9.96. The van der Waals surface area contributed by atoms with E-state index >= 15 is 0 Å². The third-order valence-corrected chi connectivity index (χ3v) is 15.0. The van der Waals surface area contributed by atoms with E-state index < -0.39 is 0 Å². The zero-order chi connectivity index (χ0) is 49.7. The smallest absolute Gasteiger partial charge is 0.0541 e. The minimum absolute atomic E-state index is 1.07. The fourth-order valence-electron chi connectivity index (χ4n) is 11.5. The van der Waals surface area contributed by atoms with Crippen LogP contribution in [0.25, 0.3) is 111 Å². The number of hydrogen-bond acceptors (Lipinski definition) is 1. The topological polar surface area (TPSA) is 13.1 Å². The summed E-state index contributed by atoms with van der Waals surface area (Å²) in [4.78, 5) is 2.42. The van der Waals surface area contributed by atoms with Gasteiger partial charge in [-0.05, 0) is 135 Å². The molecule has 0 amide bonds. The molecular weight excluding hydrogens is 907 g/mol. The molecule has 2 heterocycles. The largest absolute Gasteiger partial charge is 0.310 e. The second-order valence-corrected chi connectivity index (χ2v) is 19.2. The Balaban J connectivity index is 0.873. The molecule has 12 aromatic carbocycles. The number of fused-ring (bicyclic) bond motifs is 6. The van der Waals surface area contributed by atoms with Gasteiger partial charge < -0.3 is 14.0 Å². The molecule has 0 fully saturated rings. The van der Waals surface area contributed by atoms with Crippen LogP contribution in [0.1, 0.15) is 0 Å². The van der Waals surface area contributed by atoms with E-state index in [1.165, 1.54) is 77.0 Å². The fraction of sp³-hybridized carbons (Fsp3) is 0. The molecule has 3 heteroatoms. The minimum Gasteiger partial charge on any atom is -0.310 e. The van der Waals surface area contributed by atoms with E-state index in [0.29, 0.717) is 0 Å². The van der Waals surface area contributed by atoms with Gasteiger partial charge >= 0.3 is 0 Å². The summed E-state index contributed by atoms with van der Waals surface area (Å²) in [5, 5.41) is 5.00. The first kappa shape index (κ1) is 43.8. The van der Waals surface area contributed by atoms with E-state index in [9.17, 15) is 0 Å². The Morgan fingerprint density at radius 2 is 0.573 bits per heavy atom. The Morgan fingerprint density at radius 3 is 1.13 bits per heavy atom. The highest BCUT2D eigenvalue weighted by Crippen LogP contribution is 2.46. The number of hydrogen-bond donors (Lipinski definition) is 0. The molecule has 0 radical (unpaired) electrons. The average Bonchev–Trinajstić information content (AvgIpc) is 4.01. The van der Waals surface area contributed by atoms with Gasteiger partial charge in [-0.3, -0.25) is 0 Å². The Bertz CT molecular complexity index is 4320. The van der Waals surface area contributed by atoms with Gasteiger partial charge in [0.1, 0.15) is 0 Å². The van der Waals surface area contributed by atoms with Crippen LogP contribution in [0, 0.1) is 0 Å². The maximum atomic E-state index is 2.42. The first-order chi connectivity index (χ1) is 37.2. The van der Waals surface area contributed by atoms with E-state index in [2.05, 4.69) is 311 Å². The molecule has 0 aliphatic rings. The first-order valence-corrected chi connectivity index (χ1v) is 25.8. The second kappa shape index (κ2) is 18.6. The van der Waals surface area contributed by atoms with Crippen LogP contribution in [-0.2, 0) is 0 Å². The Labute approximate surface area is 436 Å². The van der Waals surface area contributed by atoms with E-state index in [1.807, 2.05) is 0 Å². The number of rotatable bonds is 10. The quantitative estimate of drug-likeness (QED) is 0.133. The van der Waals surface area contributed by atoms with Crippen LogP contribution in [0.4, 0.5) is 17.1 Å². The van der Waals surface area contributed by atoms with E-state index in [-0.39, 0.29) is 0 Å². The van der Waals surface area contributed by atoms with Crippen molar-refractivity contribution in [3.63, 3.8) is 0 Å². The fourth-order valence-corrected chi connectivity index (χ4v) is 11.5. The second-order valence-electron chi connectivity index (χ2n) is 19.2. The third kappa shape index (κ3) is 7.69. The summed E-state index contributed by atoms with van der Waals surface area (Å²) in [7, 11) is 0. The number of anilines is 3. The summed E-state index contributed by atoms with van der Waals surface area (Å²) in [5.41, 5.74) is 22.1. The summed E-state index contributed by atoms with van der Waals surface area (Å²) >= 11 is 0. The van der Waals surface area contributed by atoms with Gasteiger partial charge in [-0.2, -0.15) is 0 Å². The van der Waals surface area contributed by atoms with Gasteiger partial charge in [0.05, 0.1) is 27.8 Å². The summed E-state index contributed by atoms with van der Waals surface area (Å²) in [6.07, 6.45) is 0. The van der Waals surface area contributed by atoms with Gasteiger partial charge in [0, 0.05) is 49.9 Å². The SMILES string of the molecule is c1ccc(-c2ccccc2-c2ccccc2-c2ccccc2N(c2ccc(-c3ccc(-n4c5ccccc5c5ccccc54)cc3)cc2)c2ccc(-c3ccc4c(c3)c3ccccc3n4-c3ccccc3)cc2)cc1. The van der Waals surface area contributed by atoms with Crippen LogP contribution < -0.4 is 4.90 Å². The van der Waals surface area contributed by atoms with E-state index in [0.717, 1.165) is 50.7 Å². The van der Waals surface area contributed by atoms with Crippen molar-refractivity contribution < 1.29 is 0 Å². The van der Waals surface area contributed by atoms with Crippen molar-refractivity contribution in [2.45, 2.75) is 0 Å². The van der Waals surface area contributed by atoms with Crippen molar-refractivity contribution in [1.82, 2.24) is 9.13 Å². The Morgan fingerprint density at radius 1 is 0.213 bits per heavy atom. The zero-order valence-electron chi connectivity index (χ0n) is 41.1. The number of aromatic nitrogens is 2. The van der Waals surface area contributed by atoms with Crippen LogP contribution in [0.2, 0.25) is 0 Å². The molecule has 0 bridgehead atoms. The van der Waals surface area contributed by atoms with Crippen molar-refractivity contribution >= 4 is 60.7 Å². The molecule has 0 spiro atoms. The normalized spacial score (nSPS) is 11.5. The van der Waals surface area contributed by atoms with Crippen molar-refractivity contribution in [3.05, 3.63) is 297 Å². The van der Waals surface area contributed by atoms with Crippen molar-refractivity contribution in [1.29, 1.82) is 0 Å². The molecule has 0 saturated heterocycles. The van der Waals surface area contributed by atoms with Crippen molar-refractivity contribution in [2.24, 2.45) is 0 Å². The molecule has 352 valence electrons. The average molecular weight is 956 g/mol. The molecule has 0 aliphatic carbocycles. The van der Waals surface area contributed by atoms with Gasteiger partial charge in [-0.15, -0.1) is 0 Å². The van der Waals surface area contributed by atoms with Crippen LogP contribution in [0.5, 0.6) is 0 Å². The zero-order valence-corrected chi connectivity index (χ0v) is 41.1. The molecule has 14 aromatic rings. The first-order valence-electron chi connectivity index (χ1n) is 25.8. The number of benzene rings is 12. The lowest BCUT2D eigenvalue weighted by molar-refractivity contribution is 1.18. The maximum absolute atomic E-state index is 2.42. The highest BCUT2D eigenvalue weighted by Gasteiger charge is 2.21. The highest BCUT2D eigenvalue weighted by molar-refractivity contribution is 6.11. The standard InChI is InChI=1S/C72H49N3/c1-3-19-53(20-4-1)59-23-7-8-24-60(59)61-25-9-10-26-62(61)63-27-11-15-31-68(63)73(56-42-35-50(36-43-56)51-37-46-58(47-38-51)75-69-32-16-12-28-64(69)65-29-13-17-33-70(65)75)57-44-39-52(40-45-57)54-41-48-72-67(49-54)66-30-14-18-34-71(66)74(72)55-21-5-2-6-22-55/h1-49H. The van der Waals surface area contributed by atoms with Gasteiger partial charge in [-0.25, -0.2) is 0 Å². The minimum atomic E-state index is 1.07. The monoisotopic (exact) mass is 955 g/mol. The predicted octanol–water partition coefficient (Wildman–Crippen LogP) is 19.7. The molecule has 2 aromatic heterocycles. The van der Waals surface area contributed by atoms with Crippen LogP contribution in [0.15, 0.2) is 297 Å². The molecule has 3 nitrogen and oxygen atoms in total. The van der Waals surface area contributed by atoms with Gasteiger partial charge in [0.2, 0.25) is 0 Å². The lowest BCUT2D eigenvalue weighted by Gasteiger charge is -2.29. The molecule has 14 rings (SSSR count). The third-order valence-electron chi connectivity index (χ3n) is 15.0. The van der Waals surface area contributed by atoms with Crippen molar-refractivity contribution in [2.75, 3.05) is 4.90 Å². The van der Waals surface area contributed by atoms with Gasteiger partial charge in [-0.1, -0.05) is 212 Å². The molecule has 0 saturated carbocycles. The molecule has 0 atom stereocenters. The summed E-state index contributed by atoms with van der Waals surface area (Å²) in [6, 6.07) is 108.